The fourth-order valence-corrected chi connectivity index (χ4v) is 3.25. The summed E-state index contributed by atoms with van der Waals surface area (Å²) in [4.78, 5) is 31.4. The van der Waals surface area contributed by atoms with E-state index in [1.54, 1.807) is 23.1 Å². The van der Waals surface area contributed by atoms with Crippen LogP contribution >= 0.6 is 0 Å². The highest BCUT2D eigenvalue weighted by molar-refractivity contribution is 5.79. The van der Waals surface area contributed by atoms with Crippen LogP contribution < -0.4 is 15.0 Å². The number of fused-ring (bicyclic) bond motifs is 2. The SMILES string of the molecule is CCN(Cc1ccc2c(c1)OCCO2)C(=O)Cn1cnc2ccccc2c1=O. The van der Waals surface area contributed by atoms with Crippen LogP contribution in [0.25, 0.3) is 10.9 Å². The van der Waals surface area contributed by atoms with Gasteiger partial charge in [-0.1, -0.05) is 18.2 Å². The predicted molar refractivity (Wildman–Crippen MR) is 105 cm³/mol. The van der Waals surface area contributed by atoms with Gasteiger partial charge in [0.15, 0.2) is 11.5 Å². The number of hydrogen-bond donors (Lipinski definition) is 0. The molecule has 0 saturated carbocycles. The Morgan fingerprint density at radius 2 is 1.93 bits per heavy atom. The summed E-state index contributed by atoms with van der Waals surface area (Å²) in [7, 11) is 0. The summed E-state index contributed by atoms with van der Waals surface area (Å²) in [6.07, 6.45) is 1.43. The van der Waals surface area contributed by atoms with Gasteiger partial charge in [0.05, 0.1) is 17.2 Å². The van der Waals surface area contributed by atoms with Gasteiger partial charge in [-0.2, -0.15) is 0 Å². The van der Waals surface area contributed by atoms with Crippen LogP contribution in [0.1, 0.15) is 12.5 Å². The first-order valence-electron chi connectivity index (χ1n) is 9.26. The summed E-state index contributed by atoms with van der Waals surface area (Å²) in [6.45, 7) is 3.89. The predicted octanol–water partition coefficient (Wildman–Crippen LogP) is 2.22. The van der Waals surface area contributed by atoms with Crippen molar-refractivity contribution in [3.63, 3.8) is 0 Å². The molecule has 1 aliphatic rings. The molecule has 144 valence electrons. The number of ether oxygens (including phenoxy) is 2. The van der Waals surface area contributed by atoms with E-state index in [2.05, 4.69) is 4.98 Å². The van der Waals surface area contributed by atoms with Gasteiger partial charge in [0, 0.05) is 13.1 Å². The smallest absolute Gasteiger partial charge is 0.261 e. The minimum atomic E-state index is -0.214. The lowest BCUT2D eigenvalue weighted by Gasteiger charge is -2.23. The average molecular weight is 379 g/mol. The fraction of sp³-hybridized carbons (Fsp3) is 0.286. The minimum absolute atomic E-state index is 0.0466. The first-order valence-corrected chi connectivity index (χ1v) is 9.26. The topological polar surface area (TPSA) is 73.7 Å². The molecule has 0 spiro atoms. The second kappa shape index (κ2) is 7.72. The monoisotopic (exact) mass is 379 g/mol. The molecule has 7 heteroatoms. The maximum atomic E-state index is 12.8. The highest BCUT2D eigenvalue weighted by Gasteiger charge is 2.17. The van der Waals surface area contributed by atoms with Crippen molar-refractivity contribution >= 4 is 16.8 Å². The van der Waals surface area contributed by atoms with Crippen molar-refractivity contribution in [2.24, 2.45) is 0 Å². The van der Waals surface area contributed by atoms with Crippen LogP contribution in [-0.4, -0.2) is 40.1 Å². The van der Waals surface area contributed by atoms with Gasteiger partial charge in [-0.25, -0.2) is 4.98 Å². The third-order valence-electron chi connectivity index (χ3n) is 4.75. The van der Waals surface area contributed by atoms with E-state index in [1.165, 1.54) is 10.9 Å². The quantitative estimate of drug-likeness (QED) is 0.680. The normalized spacial score (nSPS) is 12.8. The molecule has 0 saturated heterocycles. The van der Waals surface area contributed by atoms with E-state index in [0.717, 1.165) is 11.3 Å². The van der Waals surface area contributed by atoms with E-state index in [9.17, 15) is 9.59 Å². The molecule has 1 aromatic heterocycles. The molecule has 1 aliphatic heterocycles. The minimum Gasteiger partial charge on any atom is -0.486 e. The number of carbonyl (C=O) groups is 1. The van der Waals surface area contributed by atoms with Gasteiger partial charge in [-0.05, 0) is 36.8 Å². The van der Waals surface area contributed by atoms with Crippen LogP contribution in [0.15, 0.2) is 53.6 Å². The number of hydrogen-bond acceptors (Lipinski definition) is 5. The lowest BCUT2D eigenvalue weighted by Crippen LogP contribution is -2.36. The Morgan fingerprint density at radius 3 is 2.75 bits per heavy atom. The van der Waals surface area contributed by atoms with E-state index >= 15 is 0 Å². The average Bonchev–Trinajstić information content (AvgIpc) is 2.74. The van der Waals surface area contributed by atoms with E-state index in [4.69, 9.17) is 9.47 Å². The lowest BCUT2D eigenvalue weighted by atomic mass is 10.1. The van der Waals surface area contributed by atoms with Crippen LogP contribution in [-0.2, 0) is 17.9 Å². The Balaban J connectivity index is 1.52. The largest absolute Gasteiger partial charge is 0.486 e. The fourth-order valence-electron chi connectivity index (χ4n) is 3.25. The Labute approximate surface area is 162 Å². The number of carbonyl (C=O) groups excluding carboxylic acids is 1. The van der Waals surface area contributed by atoms with Gasteiger partial charge >= 0.3 is 0 Å². The first kappa shape index (κ1) is 18.0. The van der Waals surface area contributed by atoms with Crippen molar-refractivity contribution in [3.8, 4) is 11.5 Å². The molecule has 2 heterocycles. The maximum Gasteiger partial charge on any atom is 0.261 e. The molecule has 2 aromatic carbocycles. The van der Waals surface area contributed by atoms with Gasteiger partial charge in [0.25, 0.3) is 5.56 Å². The number of para-hydroxylation sites is 1. The summed E-state index contributed by atoms with van der Waals surface area (Å²) in [6, 6.07) is 12.8. The molecule has 0 N–H and O–H groups in total. The molecule has 4 rings (SSSR count). The lowest BCUT2D eigenvalue weighted by molar-refractivity contribution is -0.132. The number of benzene rings is 2. The molecule has 1 amide bonds. The van der Waals surface area contributed by atoms with Gasteiger partial charge < -0.3 is 14.4 Å². The van der Waals surface area contributed by atoms with Crippen molar-refractivity contribution in [1.82, 2.24) is 14.5 Å². The van der Waals surface area contributed by atoms with Gasteiger partial charge in [0.1, 0.15) is 19.8 Å². The number of likely N-dealkylation sites (N-methyl/N-ethyl adjacent to an activating group) is 1. The summed E-state index contributed by atoms with van der Waals surface area (Å²) in [5.74, 6) is 1.27. The second-order valence-electron chi connectivity index (χ2n) is 6.58. The summed E-state index contributed by atoms with van der Waals surface area (Å²) in [5, 5.41) is 0.507. The number of nitrogens with zero attached hydrogens (tertiary/aromatic N) is 3. The maximum absolute atomic E-state index is 12.8. The number of rotatable bonds is 5. The van der Waals surface area contributed by atoms with E-state index < -0.39 is 0 Å². The van der Waals surface area contributed by atoms with E-state index in [0.29, 0.717) is 43.0 Å². The van der Waals surface area contributed by atoms with Crippen molar-refractivity contribution in [2.45, 2.75) is 20.0 Å². The molecule has 3 aromatic rings. The van der Waals surface area contributed by atoms with Gasteiger partial charge in [-0.15, -0.1) is 0 Å². The summed E-state index contributed by atoms with van der Waals surface area (Å²) in [5.41, 5.74) is 1.36. The highest BCUT2D eigenvalue weighted by Crippen LogP contribution is 2.31. The second-order valence-corrected chi connectivity index (χ2v) is 6.58. The Hall–Kier alpha value is -3.35. The molecule has 0 atom stereocenters. The van der Waals surface area contributed by atoms with Crippen molar-refractivity contribution in [3.05, 3.63) is 64.7 Å². The van der Waals surface area contributed by atoms with Crippen molar-refractivity contribution in [1.29, 1.82) is 0 Å². The van der Waals surface area contributed by atoms with Crippen LogP contribution in [0.3, 0.4) is 0 Å². The number of aromatic nitrogens is 2. The standard InChI is InChI=1S/C21H21N3O4/c1-2-23(12-15-7-8-18-19(11-15)28-10-9-27-18)20(25)13-24-14-22-17-6-4-3-5-16(17)21(24)26/h3-8,11,14H,2,9-10,12-13H2,1H3. The third-order valence-corrected chi connectivity index (χ3v) is 4.75. The Morgan fingerprint density at radius 1 is 1.14 bits per heavy atom. The van der Waals surface area contributed by atoms with Crippen LogP contribution in [0.2, 0.25) is 0 Å². The van der Waals surface area contributed by atoms with Gasteiger partial charge in [0.2, 0.25) is 5.91 Å². The molecular weight excluding hydrogens is 358 g/mol. The van der Waals surface area contributed by atoms with Gasteiger partial charge in [-0.3, -0.25) is 14.2 Å². The third kappa shape index (κ3) is 3.55. The van der Waals surface area contributed by atoms with E-state index in [-0.39, 0.29) is 18.0 Å². The Kier molecular flexibility index (Phi) is 4.97. The van der Waals surface area contributed by atoms with Crippen molar-refractivity contribution in [2.75, 3.05) is 19.8 Å². The van der Waals surface area contributed by atoms with Crippen LogP contribution in [0.4, 0.5) is 0 Å². The molecule has 0 bridgehead atoms. The molecule has 0 aliphatic carbocycles. The molecule has 0 radical (unpaired) electrons. The summed E-state index contributed by atoms with van der Waals surface area (Å²) < 4.78 is 12.5. The zero-order valence-electron chi connectivity index (χ0n) is 15.6. The van der Waals surface area contributed by atoms with Crippen LogP contribution in [0, 0.1) is 0 Å². The molecule has 0 fully saturated rings. The number of amides is 1. The molecule has 28 heavy (non-hydrogen) atoms. The zero-order valence-corrected chi connectivity index (χ0v) is 15.6. The summed E-state index contributed by atoms with van der Waals surface area (Å²) >= 11 is 0. The van der Waals surface area contributed by atoms with Crippen LogP contribution in [0.5, 0.6) is 11.5 Å². The first-order chi connectivity index (χ1) is 13.7. The zero-order chi connectivity index (χ0) is 19.5. The van der Waals surface area contributed by atoms with E-state index in [1.807, 2.05) is 31.2 Å². The van der Waals surface area contributed by atoms with Crippen molar-refractivity contribution < 1.29 is 14.3 Å². The molecule has 0 unspecified atom stereocenters. The molecule has 7 nitrogen and oxygen atoms in total. The Bertz CT molecular complexity index is 1080. The molecular formula is C21H21N3O4. The highest BCUT2D eigenvalue weighted by atomic mass is 16.6.